The van der Waals surface area contributed by atoms with Crippen molar-refractivity contribution in [1.29, 1.82) is 0 Å². The van der Waals surface area contributed by atoms with Crippen molar-refractivity contribution in [2.24, 2.45) is 0 Å². The minimum absolute atomic E-state index is 0.0507. The predicted molar refractivity (Wildman–Crippen MR) is 71.2 cm³/mol. The first-order valence-electron chi connectivity index (χ1n) is 6.14. The molecule has 18 heavy (non-hydrogen) atoms. The van der Waals surface area contributed by atoms with Gasteiger partial charge in [0.1, 0.15) is 6.61 Å². The number of rotatable bonds is 7. The van der Waals surface area contributed by atoms with Crippen LogP contribution in [0.15, 0.2) is 42.5 Å². The lowest BCUT2D eigenvalue weighted by Gasteiger charge is -2.16. The third-order valence-corrected chi connectivity index (χ3v) is 2.53. The van der Waals surface area contributed by atoms with Crippen LogP contribution >= 0.6 is 0 Å². The molecule has 0 aliphatic rings. The number of ether oxygens (including phenoxy) is 2. The molecule has 0 fully saturated rings. The van der Waals surface area contributed by atoms with Gasteiger partial charge in [-0.15, -0.1) is 0 Å². The van der Waals surface area contributed by atoms with E-state index in [0.29, 0.717) is 12.2 Å². The summed E-state index contributed by atoms with van der Waals surface area (Å²) < 4.78 is 10.7. The van der Waals surface area contributed by atoms with E-state index in [1.807, 2.05) is 30.3 Å². The second kappa shape index (κ2) is 7.67. The first-order valence-corrected chi connectivity index (χ1v) is 6.14. The zero-order valence-electron chi connectivity index (χ0n) is 11.0. The third kappa shape index (κ3) is 4.72. The van der Waals surface area contributed by atoms with Crippen molar-refractivity contribution in [3.8, 4) is 0 Å². The molecule has 0 radical (unpaired) electrons. The summed E-state index contributed by atoms with van der Waals surface area (Å²) >= 11 is 0. The van der Waals surface area contributed by atoms with Crippen molar-refractivity contribution >= 4 is 5.97 Å². The summed E-state index contributed by atoms with van der Waals surface area (Å²) in [6.45, 7) is 7.87. The van der Waals surface area contributed by atoms with Crippen molar-refractivity contribution in [3.05, 3.63) is 48.0 Å². The van der Waals surface area contributed by atoms with Gasteiger partial charge in [0, 0.05) is 5.57 Å². The largest absolute Gasteiger partial charge is 0.460 e. The minimum Gasteiger partial charge on any atom is -0.460 e. The highest BCUT2D eigenvalue weighted by atomic mass is 16.6. The second-order valence-corrected chi connectivity index (χ2v) is 4.09. The summed E-state index contributed by atoms with van der Waals surface area (Å²) in [4.78, 5) is 11.1. The van der Waals surface area contributed by atoms with E-state index in [4.69, 9.17) is 9.47 Å². The van der Waals surface area contributed by atoms with Gasteiger partial charge in [0.25, 0.3) is 0 Å². The highest BCUT2D eigenvalue weighted by Crippen LogP contribution is 2.20. The van der Waals surface area contributed by atoms with E-state index in [0.717, 1.165) is 12.0 Å². The van der Waals surface area contributed by atoms with Crippen LogP contribution in [0.4, 0.5) is 0 Å². The van der Waals surface area contributed by atoms with E-state index in [9.17, 15) is 4.79 Å². The molecule has 0 aliphatic heterocycles. The SMILES string of the molecule is C=C(C)C(=O)OCCOC(CC)c1ccccc1. The molecule has 1 aromatic rings. The lowest BCUT2D eigenvalue weighted by Crippen LogP contribution is -2.13. The molecule has 1 aromatic carbocycles. The Kier molecular flexibility index (Phi) is 6.15. The van der Waals surface area contributed by atoms with Crippen LogP contribution in [0.25, 0.3) is 0 Å². The topological polar surface area (TPSA) is 35.5 Å². The summed E-state index contributed by atoms with van der Waals surface area (Å²) in [5.41, 5.74) is 1.55. The van der Waals surface area contributed by atoms with Gasteiger partial charge in [0.05, 0.1) is 12.7 Å². The molecule has 0 amide bonds. The van der Waals surface area contributed by atoms with Crippen LogP contribution in [0, 0.1) is 0 Å². The van der Waals surface area contributed by atoms with Crippen LogP contribution in [-0.4, -0.2) is 19.2 Å². The normalized spacial score (nSPS) is 11.9. The number of benzene rings is 1. The van der Waals surface area contributed by atoms with E-state index >= 15 is 0 Å². The zero-order valence-corrected chi connectivity index (χ0v) is 11.0. The average molecular weight is 248 g/mol. The molecule has 0 saturated carbocycles. The van der Waals surface area contributed by atoms with Crippen LogP contribution in [0.1, 0.15) is 31.9 Å². The van der Waals surface area contributed by atoms with E-state index in [-0.39, 0.29) is 18.7 Å². The van der Waals surface area contributed by atoms with Crippen molar-refractivity contribution in [3.63, 3.8) is 0 Å². The Hall–Kier alpha value is -1.61. The Balaban J connectivity index is 2.33. The monoisotopic (exact) mass is 248 g/mol. The molecule has 0 heterocycles. The average Bonchev–Trinajstić information content (AvgIpc) is 2.39. The summed E-state index contributed by atoms with van der Waals surface area (Å²) in [7, 11) is 0. The van der Waals surface area contributed by atoms with Crippen LogP contribution in [0.5, 0.6) is 0 Å². The van der Waals surface area contributed by atoms with Crippen LogP contribution in [0.3, 0.4) is 0 Å². The van der Waals surface area contributed by atoms with Gasteiger partial charge >= 0.3 is 5.97 Å². The van der Waals surface area contributed by atoms with Crippen molar-refractivity contribution in [2.75, 3.05) is 13.2 Å². The Morgan fingerprint density at radius 2 is 1.94 bits per heavy atom. The Morgan fingerprint density at radius 1 is 1.28 bits per heavy atom. The Morgan fingerprint density at radius 3 is 2.50 bits per heavy atom. The number of hydrogen-bond donors (Lipinski definition) is 0. The second-order valence-electron chi connectivity index (χ2n) is 4.09. The molecule has 1 unspecified atom stereocenters. The molecule has 1 rings (SSSR count). The van der Waals surface area contributed by atoms with Crippen LogP contribution in [0.2, 0.25) is 0 Å². The minimum atomic E-state index is -0.369. The summed E-state index contributed by atoms with van der Waals surface area (Å²) in [6, 6.07) is 10.0. The quantitative estimate of drug-likeness (QED) is 0.422. The van der Waals surface area contributed by atoms with Gasteiger partial charge in [0.2, 0.25) is 0 Å². The van der Waals surface area contributed by atoms with Crippen LogP contribution < -0.4 is 0 Å². The molecule has 98 valence electrons. The fourth-order valence-electron chi connectivity index (χ4n) is 1.57. The van der Waals surface area contributed by atoms with Gasteiger partial charge in [-0.3, -0.25) is 0 Å². The van der Waals surface area contributed by atoms with Gasteiger partial charge in [0.15, 0.2) is 0 Å². The van der Waals surface area contributed by atoms with Gasteiger partial charge < -0.3 is 9.47 Å². The highest BCUT2D eigenvalue weighted by molar-refractivity contribution is 5.86. The maximum absolute atomic E-state index is 11.1. The molecule has 0 N–H and O–H groups in total. The molecule has 0 bridgehead atoms. The third-order valence-electron chi connectivity index (χ3n) is 2.53. The molecule has 1 atom stereocenters. The van der Waals surface area contributed by atoms with Crippen molar-refractivity contribution < 1.29 is 14.3 Å². The molecule has 3 heteroatoms. The molecule has 0 aromatic heterocycles. The van der Waals surface area contributed by atoms with Gasteiger partial charge in [-0.25, -0.2) is 4.79 Å². The maximum atomic E-state index is 11.1. The number of esters is 1. The molecular weight excluding hydrogens is 228 g/mol. The van der Waals surface area contributed by atoms with E-state index in [1.165, 1.54) is 0 Å². The Bertz CT molecular complexity index is 384. The maximum Gasteiger partial charge on any atom is 0.333 e. The fourth-order valence-corrected chi connectivity index (χ4v) is 1.57. The zero-order chi connectivity index (χ0) is 13.4. The standard InChI is InChI=1S/C15H20O3/c1-4-14(13-8-6-5-7-9-13)17-10-11-18-15(16)12(2)3/h5-9,14H,2,4,10-11H2,1,3H3. The summed E-state index contributed by atoms with van der Waals surface area (Å²) in [5.74, 6) is -0.369. The number of carbonyl (C=O) groups excluding carboxylic acids is 1. The summed E-state index contributed by atoms with van der Waals surface area (Å²) in [5, 5.41) is 0. The Labute approximate surface area is 108 Å². The molecule has 0 aliphatic carbocycles. The van der Waals surface area contributed by atoms with Gasteiger partial charge in [-0.05, 0) is 18.9 Å². The molecule has 0 saturated heterocycles. The van der Waals surface area contributed by atoms with Crippen molar-refractivity contribution in [2.45, 2.75) is 26.4 Å². The first kappa shape index (κ1) is 14.5. The van der Waals surface area contributed by atoms with Gasteiger partial charge in [-0.1, -0.05) is 43.8 Å². The fraction of sp³-hybridized carbons (Fsp3) is 0.400. The number of carbonyl (C=O) groups is 1. The smallest absolute Gasteiger partial charge is 0.333 e. The molecular formula is C15H20O3. The molecule has 3 nitrogen and oxygen atoms in total. The lowest BCUT2D eigenvalue weighted by molar-refractivity contribution is -0.141. The van der Waals surface area contributed by atoms with Crippen LogP contribution in [-0.2, 0) is 14.3 Å². The molecule has 0 spiro atoms. The van der Waals surface area contributed by atoms with E-state index < -0.39 is 0 Å². The predicted octanol–water partition coefficient (Wildman–Crippen LogP) is 3.27. The number of hydrogen-bond acceptors (Lipinski definition) is 3. The van der Waals surface area contributed by atoms with E-state index in [1.54, 1.807) is 6.92 Å². The summed E-state index contributed by atoms with van der Waals surface area (Å²) in [6.07, 6.45) is 0.938. The van der Waals surface area contributed by atoms with Gasteiger partial charge in [-0.2, -0.15) is 0 Å². The lowest BCUT2D eigenvalue weighted by atomic mass is 10.1. The van der Waals surface area contributed by atoms with E-state index in [2.05, 4.69) is 13.5 Å². The highest BCUT2D eigenvalue weighted by Gasteiger charge is 2.09. The first-order chi connectivity index (χ1) is 8.65. The van der Waals surface area contributed by atoms with Crippen molar-refractivity contribution in [1.82, 2.24) is 0 Å².